The smallest absolute Gasteiger partial charge is 0.236 e. The molecule has 0 bridgehead atoms. The van der Waals surface area contributed by atoms with Gasteiger partial charge in [0.2, 0.25) is 11.8 Å². The topological polar surface area (TPSA) is 69.9 Å². The number of likely N-dealkylation sites (N-methyl/N-ethyl adjacent to an activating group) is 1. The number of carbonyl (C=O) groups excluding carboxylic acids is 2. The van der Waals surface area contributed by atoms with Crippen molar-refractivity contribution in [1.29, 1.82) is 0 Å². The van der Waals surface area contributed by atoms with E-state index in [0.29, 0.717) is 45.6 Å². The molecule has 1 heterocycles. The number of carbonyl (C=O) groups is 2. The summed E-state index contributed by atoms with van der Waals surface area (Å²) in [6, 6.07) is 7.66. The predicted octanol–water partition coefficient (Wildman–Crippen LogP) is 2.06. The third kappa shape index (κ3) is 7.56. The zero-order valence-electron chi connectivity index (χ0n) is 16.2. The lowest BCUT2D eigenvalue weighted by molar-refractivity contribution is -0.140. The van der Waals surface area contributed by atoms with Crippen LogP contribution in [0, 0.1) is 0 Å². The molecular formula is C19H32Cl2N4O2. The molecule has 2 rings (SSSR count). The average Bonchev–Trinajstić information content (AvgIpc) is 2.65. The fourth-order valence-electron chi connectivity index (χ4n) is 3.11. The number of para-hydroxylation sites is 1. The number of amides is 2. The zero-order chi connectivity index (χ0) is 18.2. The number of nitrogen functional groups attached to an aromatic ring is 1. The largest absolute Gasteiger partial charge is 0.399 e. The van der Waals surface area contributed by atoms with Gasteiger partial charge in [0.05, 0.1) is 6.54 Å². The summed E-state index contributed by atoms with van der Waals surface area (Å²) in [5, 5.41) is 0. The highest BCUT2D eigenvalue weighted by Crippen LogP contribution is 2.14. The maximum Gasteiger partial charge on any atom is 0.236 e. The predicted molar refractivity (Wildman–Crippen MR) is 115 cm³/mol. The molecule has 0 spiro atoms. The van der Waals surface area contributed by atoms with Crippen molar-refractivity contribution in [3.63, 3.8) is 0 Å². The Balaban J connectivity index is 0.00000338. The maximum absolute atomic E-state index is 12.4. The Labute approximate surface area is 174 Å². The summed E-state index contributed by atoms with van der Waals surface area (Å²) >= 11 is 0. The van der Waals surface area contributed by atoms with Crippen molar-refractivity contribution in [3.8, 4) is 0 Å². The lowest BCUT2D eigenvalue weighted by atomic mass is 10.1. The molecular weight excluding hydrogens is 387 g/mol. The Morgan fingerprint density at radius 3 is 2.00 bits per heavy atom. The van der Waals surface area contributed by atoms with Crippen LogP contribution in [0.2, 0.25) is 0 Å². The monoisotopic (exact) mass is 418 g/mol. The van der Waals surface area contributed by atoms with E-state index in [1.165, 1.54) is 0 Å². The van der Waals surface area contributed by atoms with Crippen LogP contribution in [0.5, 0.6) is 0 Å². The summed E-state index contributed by atoms with van der Waals surface area (Å²) < 4.78 is 0. The van der Waals surface area contributed by atoms with Gasteiger partial charge >= 0.3 is 0 Å². The van der Waals surface area contributed by atoms with Crippen molar-refractivity contribution in [3.05, 3.63) is 29.8 Å². The molecule has 2 amide bonds. The number of piperazine rings is 1. The number of nitrogens with zero attached hydrogens (tertiary/aromatic N) is 3. The van der Waals surface area contributed by atoms with Gasteiger partial charge in [0, 0.05) is 38.3 Å². The molecule has 8 heteroatoms. The average molecular weight is 419 g/mol. The highest BCUT2D eigenvalue weighted by Gasteiger charge is 2.24. The number of benzene rings is 1. The molecule has 1 aromatic carbocycles. The van der Waals surface area contributed by atoms with Gasteiger partial charge in [-0.15, -0.1) is 24.8 Å². The number of hydrogen-bond acceptors (Lipinski definition) is 4. The molecule has 0 unspecified atom stereocenters. The molecule has 2 N–H and O–H groups in total. The van der Waals surface area contributed by atoms with Crippen molar-refractivity contribution >= 4 is 42.3 Å². The quantitative estimate of drug-likeness (QED) is 0.687. The van der Waals surface area contributed by atoms with Gasteiger partial charge in [0.1, 0.15) is 0 Å². The summed E-state index contributed by atoms with van der Waals surface area (Å²) in [6.07, 6.45) is 1.12. The molecule has 1 saturated heterocycles. The molecule has 0 aliphatic carbocycles. The number of hydrogen-bond donors (Lipinski definition) is 1. The van der Waals surface area contributed by atoms with Gasteiger partial charge in [0.25, 0.3) is 0 Å². The Morgan fingerprint density at radius 2 is 1.48 bits per heavy atom. The number of nitrogens with two attached hydrogens (primary N) is 1. The molecule has 1 fully saturated rings. The first-order chi connectivity index (χ1) is 12.0. The number of halogens is 2. The molecule has 0 aromatic heterocycles. The van der Waals surface area contributed by atoms with Gasteiger partial charge in [-0.25, -0.2) is 0 Å². The fraction of sp³-hybridized carbons (Fsp3) is 0.579. The van der Waals surface area contributed by atoms with E-state index in [-0.39, 0.29) is 36.6 Å². The van der Waals surface area contributed by atoms with Crippen molar-refractivity contribution in [2.45, 2.75) is 26.7 Å². The SMILES string of the molecule is CCN(CC)CC(=O)N1CCN(C(=O)CCc2ccccc2N)CC1.Cl.Cl. The highest BCUT2D eigenvalue weighted by atomic mass is 35.5. The van der Waals surface area contributed by atoms with E-state index < -0.39 is 0 Å². The Morgan fingerprint density at radius 1 is 0.963 bits per heavy atom. The molecule has 0 radical (unpaired) electrons. The van der Waals surface area contributed by atoms with Gasteiger partial charge in [-0.2, -0.15) is 0 Å². The van der Waals surface area contributed by atoms with E-state index in [4.69, 9.17) is 5.73 Å². The Bertz CT molecular complexity index is 589. The number of rotatable bonds is 7. The highest BCUT2D eigenvalue weighted by molar-refractivity contribution is 5.85. The standard InChI is InChI=1S/C19H30N4O2.2ClH/c1-3-21(4-2)15-19(25)23-13-11-22(12-14-23)18(24)10-9-16-7-5-6-8-17(16)20;;/h5-8H,3-4,9-15,20H2,1-2H3;2*1H. The molecule has 0 atom stereocenters. The summed E-state index contributed by atoms with van der Waals surface area (Å²) in [6.45, 7) is 8.83. The second-order valence-electron chi connectivity index (χ2n) is 6.42. The van der Waals surface area contributed by atoms with E-state index in [2.05, 4.69) is 18.7 Å². The van der Waals surface area contributed by atoms with Crippen LogP contribution in [-0.4, -0.2) is 72.3 Å². The van der Waals surface area contributed by atoms with Crippen molar-refractivity contribution in [2.75, 3.05) is 51.5 Å². The van der Waals surface area contributed by atoms with Crippen molar-refractivity contribution in [1.82, 2.24) is 14.7 Å². The molecule has 27 heavy (non-hydrogen) atoms. The maximum atomic E-state index is 12.4. The molecule has 1 aliphatic rings. The normalized spacial score (nSPS) is 13.7. The van der Waals surface area contributed by atoms with Crippen LogP contribution in [0.1, 0.15) is 25.8 Å². The van der Waals surface area contributed by atoms with Crippen LogP contribution in [0.4, 0.5) is 5.69 Å². The van der Waals surface area contributed by atoms with E-state index >= 15 is 0 Å². The van der Waals surface area contributed by atoms with Gasteiger partial charge < -0.3 is 15.5 Å². The molecule has 154 valence electrons. The lowest BCUT2D eigenvalue weighted by Gasteiger charge is -2.35. The molecule has 1 aliphatic heterocycles. The van der Waals surface area contributed by atoms with E-state index in [1.54, 1.807) is 0 Å². The minimum atomic E-state index is 0. The zero-order valence-corrected chi connectivity index (χ0v) is 17.9. The number of anilines is 1. The first kappa shape index (κ1) is 25.5. The Hall–Kier alpha value is -1.50. The molecule has 0 saturated carbocycles. The second kappa shape index (κ2) is 12.8. The van der Waals surface area contributed by atoms with E-state index in [1.807, 2.05) is 34.1 Å². The minimum absolute atomic E-state index is 0. The van der Waals surface area contributed by atoms with Crippen LogP contribution in [-0.2, 0) is 16.0 Å². The number of aryl methyl sites for hydroxylation is 1. The van der Waals surface area contributed by atoms with Crippen LogP contribution >= 0.6 is 24.8 Å². The summed E-state index contributed by atoms with van der Waals surface area (Å²) in [4.78, 5) is 30.6. The third-order valence-corrected chi connectivity index (χ3v) is 4.90. The first-order valence-electron chi connectivity index (χ1n) is 9.16. The fourth-order valence-corrected chi connectivity index (χ4v) is 3.11. The van der Waals surface area contributed by atoms with Crippen LogP contribution in [0.25, 0.3) is 0 Å². The summed E-state index contributed by atoms with van der Waals surface area (Å²) in [5.74, 6) is 0.298. The van der Waals surface area contributed by atoms with Crippen LogP contribution in [0.3, 0.4) is 0 Å². The van der Waals surface area contributed by atoms with Gasteiger partial charge in [-0.1, -0.05) is 32.0 Å². The second-order valence-corrected chi connectivity index (χ2v) is 6.42. The van der Waals surface area contributed by atoms with Gasteiger partial charge in [-0.3, -0.25) is 14.5 Å². The minimum Gasteiger partial charge on any atom is -0.399 e. The molecule has 6 nitrogen and oxygen atoms in total. The summed E-state index contributed by atoms with van der Waals surface area (Å²) in [7, 11) is 0. The third-order valence-electron chi connectivity index (χ3n) is 4.90. The van der Waals surface area contributed by atoms with Crippen molar-refractivity contribution < 1.29 is 9.59 Å². The first-order valence-corrected chi connectivity index (χ1v) is 9.16. The summed E-state index contributed by atoms with van der Waals surface area (Å²) in [5.41, 5.74) is 7.68. The molecule has 1 aromatic rings. The van der Waals surface area contributed by atoms with Crippen LogP contribution < -0.4 is 5.73 Å². The van der Waals surface area contributed by atoms with Gasteiger partial charge in [-0.05, 0) is 31.1 Å². The van der Waals surface area contributed by atoms with Crippen molar-refractivity contribution in [2.24, 2.45) is 0 Å². The lowest BCUT2D eigenvalue weighted by Crippen LogP contribution is -2.52. The van der Waals surface area contributed by atoms with E-state index in [9.17, 15) is 9.59 Å². The van der Waals surface area contributed by atoms with Gasteiger partial charge in [0.15, 0.2) is 0 Å². The van der Waals surface area contributed by atoms with E-state index in [0.717, 1.165) is 24.3 Å². The Kier molecular flexibility index (Phi) is 12.1. The van der Waals surface area contributed by atoms with Crippen LogP contribution in [0.15, 0.2) is 24.3 Å².